The average Bonchev–Trinajstić information content (AvgIpc) is 2.46. The van der Waals surface area contributed by atoms with E-state index in [2.05, 4.69) is 32.6 Å². The molecule has 3 rings (SSSR count). The summed E-state index contributed by atoms with van der Waals surface area (Å²) in [5, 5.41) is 9.83. The summed E-state index contributed by atoms with van der Waals surface area (Å²) in [6, 6.07) is 0. The minimum Gasteiger partial charge on any atom is -0.481 e. The van der Waals surface area contributed by atoms with Crippen molar-refractivity contribution in [3.05, 3.63) is 24.3 Å². The molecule has 3 aliphatic rings. The lowest BCUT2D eigenvalue weighted by Crippen LogP contribution is -2.53. The fourth-order valence-corrected chi connectivity index (χ4v) is 5.86. The van der Waals surface area contributed by atoms with E-state index >= 15 is 0 Å². The molecule has 0 aliphatic heterocycles. The topological polar surface area (TPSA) is 37.3 Å². The summed E-state index contributed by atoms with van der Waals surface area (Å²) >= 11 is 0. The molecule has 5 atom stereocenters. The number of carbonyl (C=O) groups is 1. The van der Waals surface area contributed by atoms with Gasteiger partial charge in [-0.2, -0.15) is 0 Å². The minimum atomic E-state index is -0.591. The zero-order valence-electron chi connectivity index (χ0n) is 14.3. The Bertz CT molecular complexity index is 534. The normalized spacial score (nSPS) is 47.9. The molecule has 0 saturated heterocycles. The molecule has 2 fully saturated rings. The van der Waals surface area contributed by atoms with Crippen molar-refractivity contribution < 1.29 is 9.90 Å². The standard InChI is InChI=1S/C20H30O2/c1-5-18(2)12-9-15-14(13-18)7-8-16-19(15,3)10-6-11-20(16,4)17(21)22/h5,7,15-16H,1,6,8-13H2,2-4H3,(H,21,22)/t15-,16+,18+,19-,20-/m1/s1. The van der Waals surface area contributed by atoms with E-state index in [-0.39, 0.29) is 16.7 Å². The van der Waals surface area contributed by atoms with E-state index < -0.39 is 11.4 Å². The van der Waals surface area contributed by atoms with E-state index in [4.69, 9.17) is 0 Å². The first kappa shape index (κ1) is 15.8. The summed E-state index contributed by atoms with van der Waals surface area (Å²) in [5.41, 5.74) is 1.43. The highest BCUT2D eigenvalue weighted by Gasteiger charge is 2.58. The van der Waals surface area contributed by atoms with E-state index in [1.807, 2.05) is 6.92 Å². The largest absolute Gasteiger partial charge is 0.481 e. The Hall–Kier alpha value is -1.05. The van der Waals surface area contributed by atoms with Gasteiger partial charge in [0.15, 0.2) is 0 Å². The smallest absolute Gasteiger partial charge is 0.309 e. The van der Waals surface area contributed by atoms with Crippen molar-refractivity contribution in [1.82, 2.24) is 0 Å². The van der Waals surface area contributed by atoms with Gasteiger partial charge in [-0.25, -0.2) is 0 Å². The van der Waals surface area contributed by atoms with Crippen molar-refractivity contribution in [2.75, 3.05) is 0 Å². The van der Waals surface area contributed by atoms with Crippen molar-refractivity contribution in [3.8, 4) is 0 Å². The third-order valence-electron chi connectivity index (χ3n) is 7.43. The molecular weight excluding hydrogens is 272 g/mol. The number of fused-ring (bicyclic) bond motifs is 3. The molecule has 0 heterocycles. The lowest BCUT2D eigenvalue weighted by atomic mass is 9.45. The molecule has 0 bridgehead atoms. The molecular formula is C20H30O2. The molecule has 0 radical (unpaired) electrons. The predicted octanol–water partition coefficient (Wildman–Crippen LogP) is 5.21. The third-order valence-corrected chi connectivity index (χ3v) is 7.43. The number of hydrogen-bond acceptors (Lipinski definition) is 1. The van der Waals surface area contributed by atoms with Crippen LogP contribution in [0.15, 0.2) is 24.3 Å². The van der Waals surface area contributed by atoms with Crippen LogP contribution in [0, 0.1) is 28.1 Å². The maximum absolute atomic E-state index is 11.9. The fraction of sp³-hybridized carbons (Fsp3) is 0.750. The van der Waals surface area contributed by atoms with Crippen molar-refractivity contribution >= 4 is 5.97 Å². The van der Waals surface area contributed by atoms with Crippen LogP contribution < -0.4 is 0 Å². The van der Waals surface area contributed by atoms with Crippen LogP contribution in [0.2, 0.25) is 0 Å². The van der Waals surface area contributed by atoms with Crippen molar-refractivity contribution in [3.63, 3.8) is 0 Å². The lowest BCUT2D eigenvalue weighted by molar-refractivity contribution is -0.163. The Balaban J connectivity index is 1.98. The van der Waals surface area contributed by atoms with Gasteiger partial charge in [-0.3, -0.25) is 4.79 Å². The first-order valence-electron chi connectivity index (χ1n) is 8.81. The molecule has 22 heavy (non-hydrogen) atoms. The van der Waals surface area contributed by atoms with Crippen LogP contribution in [0.1, 0.15) is 65.7 Å². The highest BCUT2D eigenvalue weighted by Crippen LogP contribution is 2.63. The SMILES string of the molecule is C=C[C@@]1(C)CC[C@@H]2C(=CC[C@H]3[C@]2(C)CCC[C@@]3(C)C(=O)O)C1. The molecule has 1 N–H and O–H groups in total. The van der Waals surface area contributed by atoms with Gasteiger partial charge in [-0.05, 0) is 68.1 Å². The lowest BCUT2D eigenvalue weighted by Gasteiger charge is -2.58. The maximum atomic E-state index is 11.9. The number of aliphatic carboxylic acids is 1. The summed E-state index contributed by atoms with van der Waals surface area (Å²) in [5.74, 6) is 0.276. The number of allylic oxidation sites excluding steroid dienone is 3. The van der Waals surface area contributed by atoms with Gasteiger partial charge in [-0.15, -0.1) is 6.58 Å². The van der Waals surface area contributed by atoms with Gasteiger partial charge in [0.25, 0.3) is 0 Å². The van der Waals surface area contributed by atoms with Gasteiger partial charge in [0.05, 0.1) is 5.41 Å². The Kier molecular flexibility index (Phi) is 3.58. The molecule has 3 aliphatic carbocycles. The average molecular weight is 302 g/mol. The van der Waals surface area contributed by atoms with Gasteiger partial charge >= 0.3 is 5.97 Å². The summed E-state index contributed by atoms with van der Waals surface area (Å²) in [6.07, 6.45) is 12.0. The van der Waals surface area contributed by atoms with Gasteiger partial charge in [0.2, 0.25) is 0 Å². The van der Waals surface area contributed by atoms with E-state index in [9.17, 15) is 9.90 Å². The molecule has 0 aromatic rings. The summed E-state index contributed by atoms with van der Waals surface area (Å²) < 4.78 is 0. The van der Waals surface area contributed by atoms with Gasteiger partial charge in [0.1, 0.15) is 0 Å². The second kappa shape index (κ2) is 4.97. The van der Waals surface area contributed by atoms with E-state index in [0.29, 0.717) is 5.92 Å². The van der Waals surface area contributed by atoms with Crippen molar-refractivity contribution in [1.29, 1.82) is 0 Å². The second-order valence-electron chi connectivity index (χ2n) is 8.78. The van der Waals surface area contributed by atoms with Gasteiger partial charge in [0, 0.05) is 0 Å². The first-order chi connectivity index (χ1) is 10.3. The van der Waals surface area contributed by atoms with Crippen LogP contribution in [0.25, 0.3) is 0 Å². The fourth-order valence-electron chi connectivity index (χ4n) is 5.86. The molecule has 0 spiro atoms. The van der Waals surface area contributed by atoms with Crippen LogP contribution in [0.4, 0.5) is 0 Å². The zero-order chi connectivity index (χ0) is 16.2. The Morgan fingerprint density at radius 2 is 2.05 bits per heavy atom. The number of carboxylic acids is 1. The molecule has 2 nitrogen and oxygen atoms in total. The molecule has 2 heteroatoms. The van der Waals surface area contributed by atoms with E-state index in [1.54, 1.807) is 5.57 Å². The van der Waals surface area contributed by atoms with Crippen LogP contribution in [-0.2, 0) is 4.79 Å². The van der Waals surface area contributed by atoms with Gasteiger partial charge < -0.3 is 5.11 Å². The monoisotopic (exact) mass is 302 g/mol. The Morgan fingerprint density at radius 3 is 2.68 bits per heavy atom. The Labute approximate surface area is 134 Å². The molecule has 0 aromatic heterocycles. The number of rotatable bonds is 2. The molecule has 0 aromatic carbocycles. The van der Waals surface area contributed by atoms with Gasteiger partial charge in [-0.1, -0.05) is 38.0 Å². The molecule has 2 saturated carbocycles. The predicted molar refractivity (Wildman–Crippen MR) is 89.5 cm³/mol. The van der Waals surface area contributed by atoms with Crippen LogP contribution in [0.5, 0.6) is 0 Å². The summed E-state index contributed by atoms with van der Waals surface area (Å²) in [6.45, 7) is 10.7. The number of carboxylic acid groups (broad SMARTS) is 1. The van der Waals surface area contributed by atoms with Crippen molar-refractivity contribution in [2.45, 2.75) is 65.7 Å². The first-order valence-corrected chi connectivity index (χ1v) is 8.81. The van der Waals surface area contributed by atoms with E-state index in [0.717, 1.165) is 25.7 Å². The van der Waals surface area contributed by atoms with Crippen LogP contribution >= 0.6 is 0 Å². The highest BCUT2D eigenvalue weighted by atomic mass is 16.4. The number of hydrogen-bond donors (Lipinski definition) is 1. The highest BCUT2D eigenvalue weighted by molar-refractivity contribution is 5.75. The molecule has 122 valence electrons. The molecule has 0 unspecified atom stereocenters. The van der Waals surface area contributed by atoms with Crippen LogP contribution in [-0.4, -0.2) is 11.1 Å². The quantitative estimate of drug-likeness (QED) is 0.711. The third kappa shape index (κ3) is 2.10. The molecule has 0 amide bonds. The van der Waals surface area contributed by atoms with Crippen LogP contribution in [0.3, 0.4) is 0 Å². The minimum absolute atomic E-state index is 0.165. The Morgan fingerprint density at radius 1 is 1.32 bits per heavy atom. The van der Waals surface area contributed by atoms with E-state index in [1.165, 1.54) is 19.3 Å². The maximum Gasteiger partial charge on any atom is 0.309 e. The zero-order valence-corrected chi connectivity index (χ0v) is 14.3. The van der Waals surface area contributed by atoms with Crippen molar-refractivity contribution in [2.24, 2.45) is 28.1 Å². The second-order valence-corrected chi connectivity index (χ2v) is 8.78. The summed E-state index contributed by atoms with van der Waals surface area (Å²) in [7, 11) is 0. The summed E-state index contributed by atoms with van der Waals surface area (Å²) in [4.78, 5) is 11.9.